The van der Waals surface area contributed by atoms with Crippen LogP contribution >= 0.6 is 0 Å². The molecule has 26 heavy (non-hydrogen) atoms. The lowest BCUT2D eigenvalue weighted by molar-refractivity contribution is -0.0274. The number of hydrogen-bond acceptors (Lipinski definition) is 5. The Morgan fingerprint density at radius 2 is 2.08 bits per heavy atom. The van der Waals surface area contributed by atoms with Crippen LogP contribution in [0.3, 0.4) is 0 Å². The number of piperazine rings is 1. The van der Waals surface area contributed by atoms with Crippen molar-refractivity contribution in [2.45, 2.75) is 39.7 Å². The van der Waals surface area contributed by atoms with E-state index in [0.717, 1.165) is 19.0 Å². The molecule has 6 nitrogen and oxygen atoms in total. The van der Waals surface area contributed by atoms with E-state index in [1.54, 1.807) is 4.90 Å². The summed E-state index contributed by atoms with van der Waals surface area (Å²) in [6, 6.07) is 0. The first-order valence-corrected chi connectivity index (χ1v) is 10.0. The molecule has 0 aromatic heterocycles. The van der Waals surface area contributed by atoms with E-state index in [1.807, 2.05) is 6.92 Å². The molecule has 148 valence electrons. The predicted octanol–water partition coefficient (Wildman–Crippen LogP) is 2.13. The van der Waals surface area contributed by atoms with Gasteiger partial charge in [0.15, 0.2) is 0 Å². The van der Waals surface area contributed by atoms with Gasteiger partial charge in [0.25, 0.3) is 0 Å². The molecule has 1 heterocycles. The van der Waals surface area contributed by atoms with Gasteiger partial charge in [0, 0.05) is 32.7 Å². The molecule has 1 amide bonds. The molecular weight excluding hydrogens is 332 g/mol. The minimum atomic E-state index is -0.490. The monoisotopic (exact) mass is 366 g/mol. The van der Waals surface area contributed by atoms with Crippen molar-refractivity contribution in [2.75, 3.05) is 52.5 Å². The van der Waals surface area contributed by atoms with Gasteiger partial charge in [-0.1, -0.05) is 19.9 Å². The van der Waals surface area contributed by atoms with Crippen molar-refractivity contribution in [3.63, 3.8) is 0 Å². The van der Waals surface area contributed by atoms with Crippen LogP contribution in [0.15, 0.2) is 11.6 Å². The van der Waals surface area contributed by atoms with Crippen LogP contribution in [-0.2, 0) is 9.47 Å². The lowest BCUT2D eigenvalue weighted by Gasteiger charge is -2.56. The van der Waals surface area contributed by atoms with Gasteiger partial charge in [-0.25, -0.2) is 4.79 Å². The van der Waals surface area contributed by atoms with Crippen LogP contribution in [0.2, 0.25) is 0 Å². The number of carbonyl (C=O) groups is 1. The van der Waals surface area contributed by atoms with Gasteiger partial charge in [-0.2, -0.15) is 0 Å². The number of fused-ring (bicyclic) bond motifs is 1. The van der Waals surface area contributed by atoms with Gasteiger partial charge in [-0.3, -0.25) is 4.90 Å². The lowest BCUT2D eigenvalue weighted by atomic mass is 9.49. The smallest absolute Gasteiger partial charge is 0.409 e. The van der Waals surface area contributed by atoms with Gasteiger partial charge in [0.1, 0.15) is 0 Å². The van der Waals surface area contributed by atoms with Gasteiger partial charge in [-0.05, 0) is 42.6 Å². The maximum Gasteiger partial charge on any atom is 0.409 e. The summed E-state index contributed by atoms with van der Waals surface area (Å²) < 4.78 is 10.9. The molecule has 1 N–H and O–H groups in total. The highest BCUT2D eigenvalue weighted by Crippen LogP contribution is 2.59. The highest BCUT2D eigenvalue weighted by atomic mass is 16.6. The van der Waals surface area contributed by atoms with Crippen LogP contribution < -0.4 is 0 Å². The Balaban J connectivity index is 1.32. The quantitative estimate of drug-likeness (QED) is 0.700. The first kappa shape index (κ1) is 19.6. The lowest BCUT2D eigenvalue weighted by Crippen LogP contribution is -2.51. The maximum atomic E-state index is 11.7. The van der Waals surface area contributed by atoms with Gasteiger partial charge in [-0.15, -0.1) is 0 Å². The summed E-state index contributed by atoms with van der Waals surface area (Å²) in [6.07, 6.45) is 4.10. The summed E-state index contributed by atoms with van der Waals surface area (Å²) in [4.78, 5) is 15.6. The van der Waals surface area contributed by atoms with Crippen molar-refractivity contribution >= 4 is 6.09 Å². The first-order chi connectivity index (χ1) is 12.4. The minimum Gasteiger partial charge on any atom is -0.450 e. The van der Waals surface area contributed by atoms with Crippen molar-refractivity contribution in [2.24, 2.45) is 17.3 Å². The Morgan fingerprint density at radius 3 is 2.69 bits per heavy atom. The third kappa shape index (κ3) is 4.24. The third-order valence-electron chi connectivity index (χ3n) is 6.53. The molecule has 1 saturated heterocycles. The van der Waals surface area contributed by atoms with E-state index in [2.05, 4.69) is 24.8 Å². The summed E-state index contributed by atoms with van der Waals surface area (Å²) >= 11 is 0. The molecule has 1 saturated carbocycles. The molecular formula is C20H34N2O4. The van der Waals surface area contributed by atoms with Crippen LogP contribution in [0.1, 0.15) is 33.6 Å². The fourth-order valence-corrected chi connectivity index (χ4v) is 4.63. The second-order valence-electron chi connectivity index (χ2n) is 8.48. The van der Waals surface area contributed by atoms with Crippen LogP contribution in [-0.4, -0.2) is 79.6 Å². The van der Waals surface area contributed by atoms with Crippen LogP contribution in [0.4, 0.5) is 4.79 Å². The van der Waals surface area contributed by atoms with Crippen molar-refractivity contribution in [3.05, 3.63) is 11.6 Å². The van der Waals surface area contributed by atoms with E-state index >= 15 is 0 Å². The van der Waals surface area contributed by atoms with E-state index in [4.69, 9.17) is 9.47 Å². The number of aliphatic hydroxyl groups is 1. The molecule has 0 aromatic rings. The zero-order valence-corrected chi connectivity index (χ0v) is 16.4. The number of rotatable bonds is 7. The molecule has 2 bridgehead atoms. The van der Waals surface area contributed by atoms with Crippen LogP contribution in [0, 0.1) is 17.3 Å². The molecule has 0 aromatic carbocycles. The normalized spacial score (nSPS) is 28.9. The van der Waals surface area contributed by atoms with Crippen molar-refractivity contribution < 1.29 is 19.4 Å². The highest BCUT2D eigenvalue weighted by Gasteiger charge is 2.50. The average molecular weight is 367 g/mol. The summed E-state index contributed by atoms with van der Waals surface area (Å²) in [5, 5.41) is 10.3. The van der Waals surface area contributed by atoms with E-state index in [0.29, 0.717) is 50.8 Å². The van der Waals surface area contributed by atoms with Crippen LogP contribution in [0.25, 0.3) is 0 Å². The molecule has 4 aliphatic rings. The van der Waals surface area contributed by atoms with Crippen LogP contribution in [0.5, 0.6) is 0 Å². The second kappa shape index (κ2) is 8.28. The topological polar surface area (TPSA) is 62.2 Å². The largest absolute Gasteiger partial charge is 0.450 e. The Morgan fingerprint density at radius 1 is 1.35 bits per heavy atom. The van der Waals surface area contributed by atoms with Crippen molar-refractivity contribution in [3.8, 4) is 0 Å². The highest BCUT2D eigenvalue weighted by molar-refractivity contribution is 5.67. The summed E-state index contributed by atoms with van der Waals surface area (Å²) in [5.41, 5.74) is 1.85. The van der Waals surface area contributed by atoms with Gasteiger partial charge in [0.2, 0.25) is 0 Å². The van der Waals surface area contributed by atoms with Gasteiger partial charge < -0.3 is 19.5 Å². The average Bonchev–Trinajstić information content (AvgIpc) is 2.62. The molecule has 4 rings (SSSR count). The number of amides is 1. The molecule has 0 radical (unpaired) electrons. The Hall–Kier alpha value is -1.11. The molecule has 3 atom stereocenters. The summed E-state index contributed by atoms with van der Waals surface area (Å²) in [6.45, 7) is 11.4. The van der Waals surface area contributed by atoms with E-state index < -0.39 is 6.10 Å². The molecule has 2 fully saturated rings. The zero-order chi connectivity index (χ0) is 18.7. The number of ether oxygens (including phenoxy) is 2. The predicted molar refractivity (Wildman–Crippen MR) is 99.9 cm³/mol. The number of aliphatic hydroxyl groups excluding tert-OH is 1. The standard InChI is InChI=1S/C20H34N2O4/c1-4-26-19(24)22-9-7-21(8-10-22)12-17(23)14-25-13-15-5-6-16-11-18(15)20(16,2)3/h5,16-18,23H,4,6-14H2,1-3H3/t16-,17-,18-/m0/s1. The number of allylic oxidation sites excluding steroid dienone is 1. The fourth-order valence-electron chi connectivity index (χ4n) is 4.63. The summed E-state index contributed by atoms with van der Waals surface area (Å²) in [7, 11) is 0. The summed E-state index contributed by atoms with van der Waals surface area (Å²) in [5.74, 6) is 1.50. The molecule has 1 aliphatic heterocycles. The Bertz CT molecular complexity index is 526. The second-order valence-corrected chi connectivity index (χ2v) is 8.48. The minimum absolute atomic E-state index is 0.238. The SMILES string of the molecule is CCOC(=O)N1CCN(C[C@H](O)COCC2=CC[C@H]3C[C@@H]2C3(C)C)CC1. The Kier molecular flexibility index (Phi) is 6.25. The van der Waals surface area contributed by atoms with Crippen molar-refractivity contribution in [1.82, 2.24) is 9.80 Å². The van der Waals surface area contributed by atoms with E-state index in [1.165, 1.54) is 18.4 Å². The molecule has 0 spiro atoms. The third-order valence-corrected chi connectivity index (χ3v) is 6.53. The number of carbonyl (C=O) groups excluding carboxylic acids is 1. The number of nitrogens with zero attached hydrogens (tertiary/aromatic N) is 2. The Labute approximate surface area is 157 Å². The van der Waals surface area contributed by atoms with Gasteiger partial charge >= 0.3 is 6.09 Å². The number of hydrogen-bond donors (Lipinski definition) is 1. The molecule has 3 aliphatic carbocycles. The van der Waals surface area contributed by atoms with Crippen molar-refractivity contribution in [1.29, 1.82) is 0 Å². The number of β-amino-alcohol motifs (C(OH)–C–C–N with tert-alkyl or cyclic N) is 1. The van der Waals surface area contributed by atoms with E-state index in [-0.39, 0.29) is 6.09 Å². The molecule has 6 heteroatoms. The van der Waals surface area contributed by atoms with E-state index in [9.17, 15) is 9.90 Å². The fraction of sp³-hybridized carbons (Fsp3) is 0.850. The zero-order valence-electron chi connectivity index (χ0n) is 16.4. The first-order valence-electron chi connectivity index (χ1n) is 10.0. The molecule has 0 unspecified atom stereocenters. The van der Waals surface area contributed by atoms with Gasteiger partial charge in [0.05, 0.1) is 25.9 Å². The maximum absolute atomic E-state index is 11.7.